The lowest BCUT2D eigenvalue weighted by molar-refractivity contribution is -0.131. The van der Waals surface area contributed by atoms with Gasteiger partial charge in [-0.1, -0.05) is 29.8 Å². The summed E-state index contributed by atoms with van der Waals surface area (Å²) in [6.07, 6.45) is 0.347. The van der Waals surface area contributed by atoms with Crippen LogP contribution in [0.4, 0.5) is 5.69 Å². The molecule has 0 aromatic heterocycles. The van der Waals surface area contributed by atoms with Crippen molar-refractivity contribution in [3.05, 3.63) is 64.2 Å². The molecule has 1 heterocycles. The molecule has 1 fully saturated rings. The van der Waals surface area contributed by atoms with Crippen LogP contribution in [-0.4, -0.2) is 47.8 Å². The number of carbonyl (C=O) groups is 2. The van der Waals surface area contributed by atoms with E-state index in [-0.39, 0.29) is 11.8 Å². The molecule has 5 nitrogen and oxygen atoms in total. The van der Waals surface area contributed by atoms with E-state index in [4.69, 9.17) is 17.3 Å². The Bertz CT molecular complexity index is 812. The number of rotatable bonds is 3. The van der Waals surface area contributed by atoms with Crippen LogP contribution in [-0.2, 0) is 11.2 Å². The van der Waals surface area contributed by atoms with Crippen LogP contribution >= 0.6 is 11.6 Å². The van der Waals surface area contributed by atoms with Crippen LogP contribution in [0.3, 0.4) is 0 Å². The third-order valence-corrected chi connectivity index (χ3v) is 4.93. The molecule has 136 valence electrons. The summed E-state index contributed by atoms with van der Waals surface area (Å²) >= 11 is 5.87. The van der Waals surface area contributed by atoms with Crippen molar-refractivity contribution in [2.24, 2.45) is 0 Å². The zero-order chi connectivity index (χ0) is 18.7. The molecule has 1 aliphatic heterocycles. The topological polar surface area (TPSA) is 66.6 Å². The number of carbonyl (C=O) groups excluding carboxylic acids is 2. The van der Waals surface area contributed by atoms with Gasteiger partial charge in [-0.15, -0.1) is 0 Å². The van der Waals surface area contributed by atoms with E-state index < -0.39 is 0 Å². The number of amides is 2. The number of aryl methyl sites for hydroxylation is 1. The maximum Gasteiger partial charge on any atom is 0.254 e. The fraction of sp³-hybridized carbons (Fsp3) is 0.300. The number of hydrogen-bond acceptors (Lipinski definition) is 3. The lowest BCUT2D eigenvalue weighted by Gasteiger charge is -2.35. The van der Waals surface area contributed by atoms with Gasteiger partial charge in [0.15, 0.2) is 0 Å². The van der Waals surface area contributed by atoms with Crippen molar-refractivity contribution in [2.75, 3.05) is 31.9 Å². The van der Waals surface area contributed by atoms with E-state index in [0.29, 0.717) is 48.9 Å². The Labute approximate surface area is 158 Å². The summed E-state index contributed by atoms with van der Waals surface area (Å²) in [6, 6.07) is 12.7. The second kappa shape index (κ2) is 7.79. The fourth-order valence-electron chi connectivity index (χ4n) is 3.09. The average Bonchev–Trinajstić information content (AvgIpc) is 2.65. The maximum absolute atomic E-state index is 12.7. The largest absolute Gasteiger partial charge is 0.399 e. The number of nitrogen functional groups attached to an aromatic ring is 1. The summed E-state index contributed by atoms with van der Waals surface area (Å²) in [5.74, 6) is 0.0409. The first-order valence-electron chi connectivity index (χ1n) is 8.61. The molecule has 0 unspecified atom stereocenters. The molecule has 2 N–H and O–H groups in total. The monoisotopic (exact) mass is 371 g/mol. The normalized spacial score (nSPS) is 14.4. The quantitative estimate of drug-likeness (QED) is 0.843. The Morgan fingerprint density at radius 1 is 1.00 bits per heavy atom. The third kappa shape index (κ3) is 4.17. The first-order valence-corrected chi connectivity index (χ1v) is 8.99. The third-order valence-electron chi connectivity index (χ3n) is 4.68. The van der Waals surface area contributed by atoms with E-state index in [1.165, 1.54) is 0 Å². The molecule has 2 aromatic carbocycles. The van der Waals surface area contributed by atoms with E-state index in [2.05, 4.69) is 0 Å². The molecule has 1 saturated heterocycles. The van der Waals surface area contributed by atoms with E-state index in [9.17, 15) is 9.59 Å². The van der Waals surface area contributed by atoms with Gasteiger partial charge in [-0.2, -0.15) is 0 Å². The second-order valence-electron chi connectivity index (χ2n) is 6.55. The van der Waals surface area contributed by atoms with Gasteiger partial charge in [-0.3, -0.25) is 9.59 Å². The van der Waals surface area contributed by atoms with Crippen LogP contribution in [0.5, 0.6) is 0 Å². The van der Waals surface area contributed by atoms with E-state index in [1.807, 2.05) is 30.0 Å². The minimum Gasteiger partial charge on any atom is -0.399 e. The summed E-state index contributed by atoms with van der Waals surface area (Å²) < 4.78 is 0. The van der Waals surface area contributed by atoms with Gasteiger partial charge in [0.05, 0.1) is 6.42 Å². The average molecular weight is 372 g/mol. The summed E-state index contributed by atoms with van der Waals surface area (Å²) in [6.45, 7) is 4.04. The summed E-state index contributed by atoms with van der Waals surface area (Å²) in [5.41, 5.74) is 8.86. The lowest BCUT2D eigenvalue weighted by Crippen LogP contribution is -2.51. The number of piperazine rings is 1. The Morgan fingerprint density at radius 2 is 1.62 bits per heavy atom. The first kappa shape index (κ1) is 18.3. The summed E-state index contributed by atoms with van der Waals surface area (Å²) in [5, 5.41) is 0.658. The second-order valence-corrected chi connectivity index (χ2v) is 6.99. The zero-order valence-corrected chi connectivity index (χ0v) is 15.5. The van der Waals surface area contributed by atoms with Gasteiger partial charge in [-0.25, -0.2) is 0 Å². The first-order chi connectivity index (χ1) is 12.4. The lowest BCUT2D eigenvalue weighted by atomic mass is 10.1. The van der Waals surface area contributed by atoms with Gasteiger partial charge >= 0.3 is 0 Å². The van der Waals surface area contributed by atoms with Crippen LogP contribution in [0.25, 0.3) is 0 Å². The number of anilines is 1. The van der Waals surface area contributed by atoms with Gasteiger partial charge in [0.1, 0.15) is 0 Å². The number of halogens is 1. The summed E-state index contributed by atoms with van der Waals surface area (Å²) in [4.78, 5) is 28.8. The van der Waals surface area contributed by atoms with E-state index >= 15 is 0 Å². The number of nitrogens with two attached hydrogens (primary N) is 1. The van der Waals surface area contributed by atoms with Crippen molar-refractivity contribution in [1.29, 1.82) is 0 Å². The van der Waals surface area contributed by atoms with Crippen molar-refractivity contribution in [2.45, 2.75) is 13.3 Å². The van der Waals surface area contributed by atoms with Crippen LogP contribution in [0.2, 0.25) is 5.02 Å². The van der Waals surface area contributed by atoms with Crippen molar-refractivity contribution in [3.8, 4) is 0 Å². The molecule has 3 rings (SSSR count). The minimum atomic E-state index is -0.0281. The molecular weight excluding hydrogens is 350 g/mol. The van der Waals surface area contributed by atoms with Crippen LogP contribution in [0.1, 0.15) is 21.5 Å². The molecule has 2 aromatic rings. The number of nitrogens with zero attached hydrogens (tertiary/aromatic N) is 2. The fourth-order valence-corrected chi connectivity index (χ4v) is 3.21. The molecule has 0 aliphatic carbocycles. The Hall–Kier alpha value is -2.53. The Morgan fingerprint density at radius 3 is 2.27 bits per heavy atom. The van der Waals surface area contributed by atoms with Crippen molar-refractivity contribution >= 4 is 29.1 Å². The standard InChI is InChI=1S/C20H22ClN3O2/c1-14-2-7-17(22)13-18(14)20(26)24-10-8-23(9-11-24)19(25)12-15-3-5-16(21)6-4-15/h2-7,13H,8-12,22H2,1H3. The van der Waals surface area contributed by atoms with Crippen LogP contribution in [0.15, 0.2) is 42.5 Å². The molecule has 0 spiro atoms. The van der Waals surface area contributed by atoms with Crippen LogP contribution < -0.4 is 5.73 Å². The highest BCUT2D eigenvalue weighted by Crippen LogP contribution is 2.17. The smallest absolute Gasteiger partial charge is 0.254 e. The highest BCUT2D eigenvalue weighted by atomic mass is 35.5. The molecular formula is C20H22ClN3O2. The molecule has 6 heteroatoms. The maximum atomic E-state index is 12.7. The number of benzene rings is 2. The molecule has 0 atom stereocenters. The van der Waals surface area contributed by atoms with Gasteiger partial charge in [0.25, 0.3) is 5.91 Å². The predicted molar refractivity (Wildman–Crippen MR) is 103 cm³/mol. The van der Waals surface area contributed by atoms with Crippen molar-refractivity contribution in [1.82, 2.24) is 9.80 Å². The molecule has 1 aliphatic rings. The SMILES string of the molecule is Cc1ccc(N)cc1C(=O)N1CCN(C(=O)Cc2ccc(Cl)cc2)CC1. The van der Waals surface area contributed by atoms with Gasteiger partial charge in [-0.05, 0) is 42.3 Å². The van der Waals surface area contributed by atoms with Gasteiger partial charge < -0.3 is 15.5 Å². The summed E-state index contributed by atoms with van der Waals surface area (Å²) in [7, 11) is 0. The molecule has 26 heavy (non-hydrogen) atoms. The van der Waals surface area contributed by atoms with Crippen LogP contribution in [0, 0.1) is 6.92 Å². The molecule has 0 bridgehead atoms. The van der Waals surface area contributed by atoms with Gasteiger partial charge in [0.2, 0.25) is 5.91 Å². The molecule has 0 saturated carbocycles. The Balaban J connectivity index is 1.58. The van der Waals surface area contributed by atoms with E-state index in [1.54, 1.807) is 29.2 Å². The highest BCUT2D eigenvalue weighted by Gasteiger charge is 2.25. The van der Waals surface area contributed by atoms with Crippen molar-refractivity contribution < 1.29 is 9.59 Å². The molecule has 2 amide bonds. The van der Waals surface area contributed by atoms with Gasteiger partial charge in [0, 0.05) is 42.5 Å². The van der Waals surface area contributed by atoms with E-state index in [0.717, 1.165) is 11.1 Å². The zero-order valence-electron chi connectivity index (χ0n) is 14.7. The Kier molecular flexibility index (Phi) is 5.47. The predicted octanol–water partition coefficient (Wildman–Crippen LogP) is 2.76. The number of hydrogen-bond donors (Lipinski definition) is 1. The molecule has 0 radical (unpaired) electrons. The highest BCUT2D eigenvalue weighted by molar-refractivity contribution is 6.30. The minimum absolute atomic E-state index is 0.0281. The van der Waals surface area contributed by atoms with Crippen molar-refractivity contribution in [3.63, 3.8) is 0 Å².